The van der Waals surface area contributed by atoms with E-state index in [0.29, 0.717) is 5.92 Å². The summed E-state index contributed by atoms with van der Waals surface area (Å²) in [7, 11) is 0. The second-order valence-electron chi connectivity index (χ2n) is 4.14. The molecule has 1 aliphatic rings. The summed E-state index contributed by atoms with van der Waals surface area (Å²) in [5, 5.41) is 8.88. The van der Waals surface area contributed by atoms with E-state index in [1.54, 1.807) is 0 Å². The van der Waals surface area contributed by atoms with Crippen molar-refractivity contribution in [2.24, 2.45) is 5.92 Å². The predicted octanol–water partition coefficient (Wildman–Crippen LogP) is 3.39. The second kappa shape index (κ2) is 3.88. The first kappa shape index (κ1) is 9.33. The maximum Gasteiger partial charge on any atom is 0.107 e. The van der Waals surface area contributed by atoms with Crippen LogP contribution in [0.5, 0.6) is 0 Å². The van der Waals surface area contributed by atoms with E-state index < -0.39 is 0 Å². The molecule has 1 fully saturated rings. The van der Waals surface area contributed by atoms with Gasteiger partial charge in [-0.15, -0.1) is 0 Å². The molecule has 0 bridgehead atoms. The smallest absolute Gasteiger partial charge is 0.107 e. The summed E-state index contributed by atoms with van der Waals surface area (Å²) >= 11 is 0. The van der Waals surface area contributed by atoms with Crippen LogP contribution in [0.2, 0.25) is 0 Å². The molecule has 2 nitrogen and oxygen atoms in total. The van der Waals surface area contributed by atoms with Gasteiger partial charge in [0.15, 0.2) is 0 Å². The van der Waals surface area contributed by atoms with Crippen molar-refractivity contribution in [3.8, 4) is 6.07 Å². The summed E-state index contributed by atoms with van der Waals surface area (Å²) in [5.74, 6) is 2.75. The number of hydrogen-bond donors (Lipinski definition) is 0. The number of hydrogen-bond acceptors (Lipinski definition) is 2. The molecule has 0 amide bonds. The molecule has 0 saturated heterocycles. The highest BCUT2D eigenvalue weighted by Gasteiger charge is 2.24. The molecule has 0 aliphatic heterocycles. The Morgan fingerprint density at radius 2 is 2.29 bits per heavy atom. The highest BCUT2D eigenvalue weighted by atomic mass is 16.3. The minimum absolute atomic E-state index is 0.235. The zero-order valence-electron chi connectivity index (χ0n) is 8.49. The fourth-order valence-electron chi connectivity index (χ4n) is 2.24. The minimum Gasteiger partial charge on any atom is -0.466 e. The van der Waals surface area contributed by atoms with Gasteiger partial charge in [0.25, 0.3) is 0 Å². The van der Waals surface area contributed by atoms with Crippen molar-refractivity contribution in [1.29, 1.82) is 5.26 Å². The third kappa shape index (κ3) is 1.82. The van der Waals surface area contributed by atoms with Crippen LogP contribution in [0.25, 0.3) is 0 Å². The molecular formula is C12H15NO. The first-order chi connectivity index (χ1) is 6.79. The number of rotatable bonds is 1. The van der Waals surface area contributed by atoms with Gasteiger partial charge in [-0.1, -0.05) is 6.42 Å². The van der Waals surface area contributed by atoms with Crippen LogP contribution in [0, 0.1) is 24.2 Å². The first-order valence-corrected chi connectivity index (χ1v) is 5.25. The quantitative estimate of drug-likeness (QED) is 0.679. The van der Waals surface area contributed by atoms with Gasteiger partial charge in [0, 0.05) is 11.8 Å². The standard InChI is InChI=1S/C12H15NO/c1-9-5-6-12(14-9)11-4-2-3-10(7-11)8-13/h5-6,10-11H,2-4,7H2,1H3/t10-,11+/m1/s1. The predicted molar refractivity (Wildman–Crippen MR) is 53.8 cm³/mol. The maximum atomic E-state index is 8.88. The fraction of sp³-hybridized carbons (Fsp3) is 0.583. The van der Waals surface area contributed by atoms with Gasteiger partial charge in [0.2, 0.25) is 0 Å². The largest absolute Gasteiger partial charge is 0.466 e. The molecule has 0 radical (unpaired) electrons. The van der Waals surface area contributed by atoms with Gasteiger partial charge < -0.3 is 4.42 Å². The Bertz CT molecular complexity index is 347. The van der Waals surface area contributed by atoms with Crippen molar-refractivity contribution < 1.29 is 4.42 Å². The Hall–Kier alpha value is -1.23. The molecule has 2 rings (SSSR count). The van der Waals surface area contributed by atoms with Crippen LogP contribution in [0.4, 0.5) is 0 Å². The van der Waals surface area contributed by atoms with E-state index in [-0.39, 0.29) is 5.92 Å². The van der Waals surface area contributed by atoms with Gasteiger partial charge in [-0.2, -0.15) is 5.26 Å². The Morgan fingerprint density at radius 3 is 2.93 bits per heavy atom. The van der Waals surface area contributed by atoms with Crippen LogP contribution >= 0.6 is 0 Å². The average Bonchev–Trinajstić information content (AvgIpc) is 2.65. The summed E-state index contributed by atoms with van der Waals surface area (Å²) in [6.07, 6.45) is 4.36. The molecule has 1 aliphatic carbocycles. The topological polar surface area (TPSA) is 36.9 Å². The van der Waals surface area contributed by atoms with E-state index in [1.165, 1.54) is 6.42 Å². The summed E-state index contributed by atoms with van der Waals surface area (Å²) in [4.78, 5) is 0. The zero-order valence-corrected chi connectivity index (χ0v) is 8.49. The molecular weight excluding hydrogens is 174 g/mol. The Labute approximate surface area is 84.5 Å². The van der Waals surface area contributed by atoms with E-state index in [4.69, 9.17) is 9.68 Å². The van der Waals surface area contributed by atoms with Crippen LogP contribution in [-0.4, -0.2) is 0 Å². The highest BCUT2D eigenvalue weighted by Crippen LogP contribution is 2.36. The van der Waals surface area contributed by atoms with Gasteiger partial charge in [-0.05, 0) is 38.3 Å². The van der Waals surface area contributed by atoms with E-state index in [9.17, 15) is 0 Å². The number of nitrogens with zero attached hydrogens (tertiary/aromatic N) is 1. The van der Waals surface area contributed by atoms with Crippen molar-refractivity contribution in [3.63, 3.8) is 0 Å². The van der Waals surface area contributed by atoms with Crippen molar-refractivity contribution in [2.45, 2.75) is 38.5 Å². The van der Waals surface area contributed by atoms with E-state index in [2.05, 4.69) is 12.1 Å². The lowest BCUT2D eigenvalue weighted by molar-refractivity contribution is 0.329. The van der Waals surface area contributed by atoms with Gasteiger partial charge >= 0.3 is 0 Å². The van der Waals surface area contributed by atoms with Gasteiger partial charge in [0.05, 0.1) is 6.07 Å². The second-order valence-corrected chi connectivity index (χ2v) is 4.14. The SMILES string of the molecule is Cc1ccc([C@H]2CCC[C@@H](C#N)C2)o1. The lowest BCUT2D eigenvalue weighted by Crippen LogP contribution is -2.12. The fourth-order valence-corrected chi connectivity index (χ4v) is 2.24. The summed E-state index contributed by atoms with van der Waals surface area (Å²) < 4.78 is 5.61. The molecule has 0 unspecified atom stereocenters. The molecule has 0 N–H and O–H groups in total. The molecule has 1 aromatic heterocycles. The first-order valence-electron chi connectivity index (χ1n) is 5.25. The Balaban J connectivity index is 2.08. The van der Waals surface area contributed by atoms with Gasteiger partial charge in [-0.25, -0.2) is 0 Å². The average molecular weight is 189 g/mol. The molecule has 0 spiro atoms. The van der Waals surface area contributed by atoms with E-state index >= 15 is 0 Å². The van der Waals surface area contributed by atoms with Crippen molar-refractivity contribution >= 4 is 0 Å². The lowest BCUT2D eigenvalue weighted by Gasteiger charge is -2.23. The third-order valence-electron chi connectivity index (χ3n) is 3.02. The number of furan rings is 1. The minimum atomic E-state index is 0.235. The lowest BCUT2D eigenvalue weighted by atomic mass is 9.81. The van der Waals surface area contributed by atoms with Crippen molar-refractivity contribution in [2.75, 3.05) is 0 Å². The van der Waals surface area contributed by atoms with Crippen molar-refractivity contribution in [1.82, 2.24) is 0 Å². The van der Waals surface area contributed by atoms with Gasteiger partial charge in [0.1, 0.15) is 11.5 Å². The van der Waals surface area contributed by atoms with Crippen LogP contribution in [-0.2, 0) is 0 Å². The molecule has 2 heteroatoms. The summed E-state index contributed by atoms with van der Waals surface area (Å²) in [6, 6.07) is 6.43. The Morgan fingerprint density at radius 1 is 1.43 bits per heavy atom. The third-order valence-corrected chi connectivity index (χ3v) is 3.02. The monoisotopic (exact) mass is 189 g/mol. The molecule has 1 heterocycles. The summed E-state index contributed by atoms with van der Waals surface area (Å²) in [6.45, 7) is 1.97. The molecule has 0 aromatic carbocycles. The number of nitriles is 1. The summed E-state index contributed by atoms with van der Waals surface area (Å²) in [5.41, 5.74) is 0. The normalized spacial score (nSPS) is 27.1. The molecule has 14 heavy (non-hydrogen) atoms. The zero-order chi connectivity index (χ0) is 9.97. The van der Waals surface area contributed by atoms with E-state index in [0.717, 1.165) is 30.8 Å². The van der Waals surface area contributed by atoms with Crippen LogP contribution in [0.15, 0.2) is 16.5 Å². The highest BCUT2D eigenvalue weighted by molar-refractivity contribution is 5.12. The van der Waals surface area contributed by atoms with Crippen LogP contribution in [0.3, 0.4) is 0 Å². The number of aryl methyl sites for hydroxylation is 1. The molecule has 2 atom stereocenters. The van der Waals surface area contributed by atoms with Gasteiger partial charge in [-0.3, -0.25) is 0 Å². The molecule has 1 saturated carbocycles. The Kier molecular flexibility index (Phi) is 2.58. The van der Waals surface area contributed by atoms with Crippen LogP contribution < -0.4 is 0 Å². The van der Waals surface area contributed by atoms with Crippen LogP contribution in [0.1, 0.15) is 43.1 Å². The molecule has 74 valence electrons. The van der Waals surface area contributed by atoms with E-state index in [1.807, 2.05) is 13.0 Å². The maximum absolute atomic E-state index is 8.88. The molecule has 1 aromatic rings. The van der Waals surface area contributed by atoms with Crippen molar-refractivity contribution in [3.05, 3.63) is 23.7 Å².